The minimum atomic E-state index is -0.533. The highest BCUT2D eigenvalue weighted by atomic mass is 16.3. The number of hydrogen-bond acceptors (Lipinski definition) is 4. The van der Waals surface area contributed by atoms with Crippen LogP contribution < -0.4 is 11.1 Å². The second-order valence-electron chi connectivity index (χ2n) is 4.30. The zero-order valence-corrected chi connectivity index (χ0v) is 10.9. The minimum Gasteiger partial charge on any atom is -0.397 e. The molecule has 4 N–H and O–H groups in total. The van der Waals surface area contributed by atoms with Crippen molar-refractivity contribution in [1.29, 1.82) is 0 Å². The molecule has 0 aliphatic carbocycles. The van der Waals surface area contributed by atoms with Gasteiger partial charge in [0.1, 0.15) is 0 Å². The molecule has 5 nitrogen and oxygen atoms in total. The number of rotatable bonds is 6. The van der Waals surface area contributed by atoms with Crippen LogP contribution in [0.3, 0.4) is 0 Å². The van der Waals surface area contributed by atoms with E-state index in [1.807, 2.05) is 13.8 Å². The Morgan fingerprint density at radius 3 is 2.72 bits per heavy atom. The Morgan fingerprint density at radius 1 is 1.50 bits per heavy atom. The molecule has 1 heterocycles. The third kappa shape index (κ3) is 3.70. The van der Waals surface area contributed by atoms with E-state index in [-0.39, 0.29) is 24.1 Å². The molecule has 100 valence electrons. The molecule has 5 heteroatoms. The predicted octanol–water partition coefficient (Wildman–Crippen LogP) is 1.19. The van der Waals surface area contributed by atoms with Gasteiger partial charge in [0, 0.05) is 12.7 Å². The summed E-state index contributed by atoms with van der Waals surface area (Å²) in [4.78, 5) is 15.7. The first kappa shape index (κ1) is 14.4. The molecule has 0 saturated heterocycles. The van der Waals surface area contributed by atoms with Gasteiger partial charge in [-0.1, -0.05) is 26.7 Å². The van der Waals surface area contributed by atoms with E-state index in [2.05, 4.69) is 10.3 Å². The number of hydrogen-bond donors (Lipinski definition) is 3. The van der Waals surface area contributed by atoms with Gasteiger partial charge >= 0.3 is 0 Å². The summed E-state index contributed by atoms with van der Waals surface area (Å²) in [5, 5.41) is 12.6. The highest BCUT2D eigenvalue weighted by Crippen LogP contribution is 2.12. The van der Waals surface area contributed by atoms with Crippen molar-refractivity contribution in [2.24, 2.45) is 5.92 Å². The molecule has 1 atom stereocenters. The SMILES string of the molecule is CCC(CC)C(O)CNC(=O)c1ncccc1N. The fourth-order valence-corrected chi connectivity index (χ4v) is 1.89. The van der Waals surface area contributed by atoms with Gasteiger partial charge in [0.15, 0.2) is 5.69 Å². The first-order valence-corrected chi connectivity index (χ1v) is 6.26. The smallest absolute Gasteiger partial charge is 0.272 e. The molecule has 1 unspecified atom stereocenters. The standard InChI is InChI=1S/C13H21N3O2/c1-3-9(4-2)11(17)8-16-13(18)12-10(14)6-5-7-15-12/h5-7,9,11,17H,3-4,8,14H2,1-2H3,(H,16,18). The van der Waals surface area contributed by atoms with Crippen molar-refractivity contribution >= 4 is 11.6 Å². The molecule has 0 aliphatic rings. The number of nitrogens with zero attached hydrogens (tertiary/aromatic N) is 1. The van der Waals surface area contributed by atoms with Gasteiger partial charge in [0.2, 0.25) is 0 Å². The van der Waals surface area contributed by atoms with E-state index in [0.717, 1.165) is 12.8 Å². The second kappa shape index (κ2) is 6.96. The number of nitrogens with two attached hydrogens (primary N) is 1. The summed E-state index contributed by atoms with van der Waals surface area (Å²) in [5.74, 6) is -0.149. The van der Waals surface area contributed by atoms with Crippen LogP contribution in [0.15, 0.2) is 18.3 Å². The molecule has 1 rings (SSSR count). The second-order valence-corrected chi connectivity index (χ2v) is 4.30. The number of amides is 1. The average molecular weight is 251 g/mol. The monoisotopic (exact) mass is 251 g/mol. The van der Waals surface area contributed by atoms with Crippen molar-refractivity contribution in [3.63, 3.8) is 0 Å². The van der Waals surface area contributed by atoms with E-state index < -0.39 is 6.10 Å². The van der Waals surface area contributed by atoms with Crippen LogP contribution in [0.1, 0.15) is 37.2 Å². The van der Waals surface area contributed by atoms with Crippen LogP contribution >= 0.6 is 0 Å². The van der Waals surface area contributed by atoms with Crippen molar-refractivity contribution in [2.45, 2.75) is 32.8 Å². The summed E-state index contributed by atoms with van der Waals surface area (Å²) in [7, 11) is 0. The molecule has 0 fully saturated rings. The fourth-order valence-electron chi connectivity index (χ4n) is 1.89. The number of nitrogens with one attached hydrogen (secondary N) is 1. The lowest BCUT2D eigenvalue weighted by atomic mass is 9.96. The molecule has 1 amide bonds. The number of aromatic nitrogens is 1. The van der Waals surface area contributed by atoms with E-state index in [1.165, 1.54) is 6.20 Å². The molecule has 1 aromatic rings. The van der Waals surface area contributed by atoms with Crippen molar-refractivity contribution in [3.8, 4) is 0 Å². The highest BCUT2D eigenvalue weighted by Gasteiger charge is 2.17. The van der Waals surface area contributed by atoms with Crippen molar-refractivity contribution < 1.29 is 9.90 Å². The normalized spacial score (nSPS) is 12.4. The third-order valence-electron chi connectivity index (χ3n) is 3.12. The lowest BCUT2D eigenvalue weighted by Gasteiger charge is -2.20. The maximum Gasteiger partial charge on any atom is 0.272 e. The molecule has 0 aliphatic heterocycles. The van der Waals surface area contributed by atoms with Crippen molar-refractivity contribution in [1.82, 2.24) is 10.3 Å². The summed E-state index contributed by atoms with van der Waals surface area (Å²) >= 11 is 0. The van der Waals surface area contributed by atoms with Crippen molar-refractivity contribution in [2.75, 3.05) is 12.3 Å². The third-order valence-corrected chi connectivity index (χ3v) is 3.12. The van der Waals surface area contributed by atoms with Gasteiger partial charge in [-0.05, 0) is 18.1 Å². The number of nitrogen functional groups attached to an aromatic ring is 1. The van der Waals surface area contributed by atoms with Crippen molar-refractivity contribution in [3.05, 3.63) is 24.0 Å². The van der Waals surface area contributed by atoms with Crippen LogP contribution in [-0.2, 0) is 0 Å². The van der Waals surface area contributed by atoms with Gasteiger partial charge in [-0.2, -0.15) is 0 Å². The number of pyridine rings is 1. The van der Waals surface area contributed by atoms with Gasteiger partial charge in [0.25, 0.3) is 5.91 Å². The zero-order chi connectivity index (χ0) is 13.5. The molecule has 0 bridgehead atoms. The summed E-state index contributed by atoms with van der Waals surface area (Å²) in [6, 6.07) is 3.30. The van der Waals surface area contributed by atoms with Gasteiger partial charge in [-0.25, -0.2) is 4.98 Å². The Hall–Kier alpha value is -1.62. The maximum absolute atomic E-state index is 11.8. The van der Waals surface area contributed by atoms with E-state index in [9.17, 15) is 9.90 Å². The molecule has 0 saturated carbocycles. The van der Waals surface area contributed by atoms with Crippen LogP contribution in [0.25, 0.3) is 0 Å². The van der Waals surface area contributed by atoms with Crippen LogP contribution in [-0.4, -0.2) is 28.6 Å². The molecule has 18 heavy (non-hydrogen) atoms. The number of anilines is 1. The van der Waals surface area contributed by atoms with E-state index in [1.54, 1.807) is 12.1 Å². The Labute approximate surface area is 107 Å². The van der Waals surface area contributed by atoms with E-state index >= 15 is 0 Å². The van der Waals surface area contributed by atoms with Gasteiger partial charge in [0.05, 0.1) is 11.8 Å². The summed E-state index contributed by atoms with van der Waals surface area (Å²) in [5.41, 5.74) is 6.20. The largest absolute Gasteiger partial charge is 0.397 e. The van der Waals surface area contributed by atoms with E-state index in [0.29, 0.717) is 5.69 Å². The van der Waals surface area contributed by atoms with Crippen LogP contribution in [0.2, 0.25) is 0 Å². The molecular formula is C13H21N3O2. The number of aliphatic hydroxyl groups excluding tert-OH is 1. The fraction of sp³-hybridized carbons (Fsp3) is 0.538. The highest BCUT2D eigenvalue weighted by molar-refractivity contribution is 5.96. The van der Waals surface area contributed by atoms with Gasteiger partial charge in [-0.15, -0.1) is 0 Å². The van der Waals surface area contributed by atoms with Gasteiger partial charge in [-0.3, -0.25) is 4.79 Å². The predicted molar refractivity (Wildman–Crippen MR) is 71.1 cm³/mol. The van der Waals surface area contributed by atoms with Gasteiger partial charge < -0.3 is 16.2 Å². The summed E-state index contributed by atoms with van der Waals surface area (Å²) in [6.07, 6.45) is 2.76. The number of carbonyl (C=O) groups excluding carboxylic acids is 1. The molecule has 0 radical (unpaired) electrons. The first-order valence-electron chi connectivity index (χ1n) is 6.26. The Morgan fingerprint density at radius 2 is 2.17 bits per heavy atom. The lowest BCUT2D eigenvalue weighted by molar-refractivity contribution is 0.0813. The zero-order valence-electron chi connectivity index (χ0n) is 10.9. The van der Waals surface area contributed by atoms with Crippen LogP contribution in [0.4, 0.5) is 5.69 Å². The molecule has 0 aromatic carbocycles. The molecule has 0 spiro atoms. The lowest BCUT2D eigenvalue weighted by Crippen LogP contribution is -2.36. The Balaban J connectivity index is 2.54. The summed E-state index contributed by atoms with van der Waals surface area (Å²) in [6.45, 7) is 4.27. The Kier molecular flexibility index (Phi) is 5.58. The quantitative estimate of drug-likeness (QED) is 0.708. The van der Waals surface area contributed by atoms with Crippen LogP contribution in [0, 0.1) is 5.92 Å². The molecular weight excluding hydrogens is 230 g/mol. The average Bonchev–Trinajstić information content (AvgIpc) is 2.38. The number of carbonyl (C=O) groups is 1. The Bertz CT molecular complexity index is 392. The molecule has 1 aromatic heterocycles. The van der Waals surface area contributed by atoms with Crippen LogP contribution in [0.5, 0.6) is 0 Å². The van der Waals surface area contributed by atoms with E-state index in [4.69, 9.17) is 5.73 Å². The minimum absolute atomic E-state index is 0.200. The summed E-state index contributed by atoms with van der Waals surface area (Å²) < 4.78 is 0. The topological polar surface area (TPSA) is 88.2 Å². The first-order chi connectivity index (χ1) is 8.60. The maximum atomic E-state index is 11.8. The number of aliphatic hydroxyl groups is 1.